The summed E-state index contributed by atoms with van der Waals surface area (Å²) in [5.74, 6) is -0.678. The van der Waals surface area contributed by atoms with E-state index in [-0.39, 0.29) is 5.38 Å². The summed E-state index contributed by atoms with van der Waals surface area (Å²) < 4.78 is 0. The predicted molar refractivity (Wildman–Crippen MR) is 73.6 cm³/mol. The average molecular weight is 261 g/mol. The molecule has 2 nitrogen and oxygen atoms in total. The summed E-state index contributed by atoms with van der Waals surface area (Å²) in [6.07, 6.45) is 12.4. The van der Waals surface area contributed by atoms with Crippen molar-refractivity contribution in [1.29, 1.82) is 0 Å². The number of hydrogen-bond acceptors (Lipinski definition) is 1. The Morgan fingerprint density at radius 3 is 2.00 bits per heavy atom. The van der Waals surface area contributed by atoms with Gasteiger partial charge in [-0.1, -0.05) is 51.0 Å². The fourth-order valence-electron chi connectivity index (χ4n) is 1.79. The molecule has 0 aliphatic carbocycles. The van der Waals surface area contributed by atoms with Gasteiger partial charge >= 0.3 is 5.97 Å². The highest BCUT2D eigenvalue weighted by Crippen LogP contribution is 2.13. The number of allylic oxidation sites excluding steroid dienone is 1. The first-order chi connectivity index (χ1) is 8.16. The van der Waals surface area contributed by atoms with Crippen molar-refractivity contribution in [3.63, 3.8) is 0 Å². The van der Waals surface area contributed by atoms with Gasteiger partial charge in [0.2, 0.25) is 0 Å². The molecule has 0 aromatic heterocycles. The molecule has 0 bridgehead atoms. The number of alkyl halides is 1. The molecule has 0 radical (unpaired) electrons. The number of carboxylic acids is 1. The highest BCUT2D eigenvalue weighted by atomic mass is 35.5. The quantitative estimate of drug-likeness (QED) is 0.312. The third-order valence-corrected chi connectivity index (χ3v) is 3.27. The number of rotatable bonds is 12. The number of carboxylic acid groups (broad SMARTS) is 1. The van der Waals surface area contributed by atoms with Crippen molar-refractivity contribution in [2.45, 2.75) is 69.6 Å². The van der Waals surface area contributed by atoms with Crippen LogP contribution in [0.2, 0.25) is 0 Å². The van der Waals surface area contributed by atoms with E-state index in [9.17, 15) is 4.79 Å². The van der Waals surface area contributed by atoms with E-state index in [0.29, 0.717) is 6.42 Å². The van der Waals surface area contributed by atoms with E-state index in [1.54, 1.807) is 6.08 Å². The fraction of sp³-hybridized carbons (Fsp3) is 0.786. The molecule has 1 unspecified atom stereocenters. The van der Waals surface area contributed by atoms with Crippen LogP contribution in [-0.4, -0.2) is 16.5 Å². The Balaban J connectivity index is 3.03. The van der Waals surface area contributed by atoms with Crippen LogP contribution >= 0.6 is 11.6 Å². The summed E-state index contributed by atoms with van der Waals surface area (Å²) in [6, 6.07) is 0. The molecule has 100 valence electrons. The lowest BCUT2D eigenvalue weighted by Crippen LogP contribution is -1.93. The van der Waals surface area contributed by atoms with Crippen LogP contribution in [0, 0.1) is 0 Å². The van der Waals surface area contributed by atoms with Crippen LogP contribution in [0.5, 0.6) is 0 Å². The van der Waals surface area contributed by atoms with Crippen LogP contribution in [0.3, 0.4) is 0 Å². The minimum atomic E-state index is -0.678. The second-order valence-electron chi connectivity index (χ2n) is 4.51. The van der Waals surface area contributed by atoms with Crippen molar-refractivity contribution in [2.75, 3.05) is 0 Å². The Morgan fingerprint density at radius 1 is 1.06 bits per heavy atom. The van der Waals surface area contributed by atoms with Gasteiger partial charge in [-0.2, -0.15) is 0 Å². The minimum Gasteiger partial charge on any atom is -0.481 e. The molecule has 0 saturated heterocycles. The Bertz CT molecular complexity index is 204. The van der Waals surface area contributed by atoms with E-state index in [4.69, 9.17) is 16.7 Å². The number of carbonyl (C=O) groups is 1. The fourth-order valence-corrected chi connectivity index (χ4v) is 1.95. The molecule has 0 amide bonds. The third kappa shape index (κ3) is 13.4. The number of halogens is 1. The second-order valence-corrected chi connectivity index (χ2v) is 5.07. The van der Waals surface area contributed by atoms with Gasteiger partial charge in [0.1, 0.15) is 0 Å². The van der Waals surface area contributed by atoms with Crippen LogP contribution in [0.15, 0.2) is 12.7 Å². The summed E-state index contributed by atoms with van der Waals surface area (Å²) in [5.41, 5.74) is 0. The third-order valence-electron chi connectivity index (χ3n) is 2.88. The van der Waals surface area contributed by atoms with Gasteiger partial charge in [0.05, 0.1) is 5.38 Å². The molecule has 1 N–H and O–H groups in total. The van der Waals surface area contributed by atoms with E-state index in [0.717, 1.165) is 25.7 Å². The monoisotopic (exact) mass is 260 g/mol. The second kappa shape index (κ2) is 12.0. The molecule has 0 fully saturated rings. The number of aliphatic carboxylic acids is 1. The SMILES string of the molecule is C=CC(Cl)CCCCCCCCCCC(=O)O. The zero-order valence-corrected chi connectivity index (χ0v) is 11.4. The van der Waals surface area contributed by atoms with Gasteiger partial charge in [-0.05, 0) is 12.8 Å². The summed E-state index contributed by atoms with van der Waals surface area (Å²) in [6.45, 7) is 3.66. The first-order valence-electron chi connectivity index (χ1n) is 6.65. The Morgan fingerprint density at radius 2 is 1.53 bits per heavy atom. The molecule has 1 atom stereocenters. The molecular formula is C14H25ClO2. The van der Waals surface area contributed by atoms with Gasteiger partial charge in [0.25, 0.3) is 0 Å². The molecular weight excluding hydrogens is 236 g/mol. The Hall–Kier alpha value is -0.500. The van der Waals surface area contributed by atoms with Gasteiger partial charge < -0.3 is 5.11 Å². The molecule has 0 aromatic rings. The van der Waals surface area contributed by atoms with Gasteiger partial charge in [0.15, 0.2) is 0 Å². The summed E-state index contributed by atoms with van der Waals surface area (Å²) in [7, 11) is 0. The van der Waals surface area contributed by atoms with Crippen LogP contribution in [-0.2, 0) is 4.79 Å². The smallest absolute Gasteiger partial charge is 0.303 e. The lowest BCUT2D eigenvalue weighted by molar-refractivity contribution is -0.137. The Labute approximate surface area is 110 Å². The van der Waals surface area contributed by atoms with Gasteiger partial charge in [-0.25, -0.2) is 0 Å². The van der Waals surface area contributed by atoms with E-state index in [2.05, 4.69) is 6.58 Å². The van der Waals surface area contributed by atoms with Crippen molar-refractivity contribution in [1.82, 2.24) is 0 Å². The number of hydrogen-bond donors (Lipinski definition) is 1. The summed E-state index contributed by atoms with van der Waals surface area (Å²) in [5, 5.41) is 8.59. The lowest BCUT2D eigenvalue weighted by Gasteiger charge is -2.03. The largest absolute Gasteiger partial charge is 0.481 e. The van der Waals surface area contributed by atoms with Crippen molar-refractivity contribution in [2.24, 2.45) is 0 Å². The summed E-state index contributed by atoms with van der Waals surface area (Å²) >= 11 is 5.92. The maximum Gasteiger partial charge on any atom is 0.303 e. The van der Waals surface area contributed by atoms with Gasteiger partial charge in [0, 0.05) is 6.42 Å². The van der Waals surface area contributed by atoms with Crippen LogP contribution < -0.4 is 0 Å². The van der Waals surface area contributed by atoms with Gasteiger partial charge in [-0.15, -0.1) is 18.2 Å². The topological polar surface area (TPSA) is 37.3 Å². The van der Waals surface area contributed by atoms with Crippen molar-refractivity contribution in [3.8, 4) is 0 Å². The van der Waals surface area contributed by atoms with Crippen LogP contribution in [0.4, 0.5) is 0 Å². The molecule has 0 aliphatic rings. The summed E-state index contributed by atoms with van der Waals surface area (Å²) in [4.78, 5) is 10.3. The standard InChI is InChI=1S/C14H25ClO2/c1-2-13(15)11-9-7-5-3-4-6-8-10-12-14(16)17/h2,13H,1,3-12H2,(H,16,17). The lowest BCUT2D eigenvalue weighted by atomic mass is 10.1. The maximum atomic E-state index is 10.3. The van der Waals surface area contributed by atoms with E-state index < -0.39 is 5.97 Å². The molecule has 0 saturated carbocycles. The maximum absolute atomic E-state index is 10.3. The normalized spacial score (nSPS) is 12.3. The van der Waals surface area contributed by atoms with Crippen molar-refractivity contribution in [3.05, 3.63) is 12.7 Å². The minimum absolute atomic E-state index is 0.131. The van der Waals surface area contributed by atoms with E-state index in [1.165, 1.54) is 32.1 Å². The van der Waals surface area contributed by atoms with Crippen molar-refractivity contribution < 1.29 is 9.90 Å². The molecule has 17 heavy (non-hydrogen) atoms. The molecule has 0 aliphatic heterocycles. The predicted octanol–water partition coefficient (Wildman–Crippen LogP) is 4.77. The zero-order valence-electron chi connectivity index (χ0n) is 10.7. The average Bonchev–Trinajstić information content (AvgIpc) is 2.30. The Kier molecular flexibility index (Phi) is 11.6. The van der Waals surface area contributed by atoms with Crippen LogP contribution in [0.25, 0.3) is 0 Å². The van der Waals surface area contributed by atoms with E-state index >= 15 is 0 Å². The van der Waals surface area contributed by atoms with Crippen LogP contribution in [0.1, 0.15) is 64.2 Å². The van der Waals surface area contributed by atoms with Gasteiger partial charge in [-0.3, -0.25) is 4.79 Å². The molecule has 0 rings (SSSR count). The molecule has 0 spiro atoms. The molecule has 3 heteroatoms. The molecule has 0 aromatic carbocycles. The zero-order chi connectivity index (χ0) is 12.9. The van der Waals surface area contributed by atoms with E-state index in [1.807, 2.05) is 0 Å². The first kappa shape index (κ1) is 16.5. The highest BCUT2D eigenvalue weighted by Gasteiger charge is 1.99. The first-order valence-corrected chi connectivity index (χ1v) is 7.09. The molecule has 0 heterocycles. The highest BCUT2D eigenvalue weighted by molar-refractivity contribution is 6.21. The number of unbranched alkanes of at least 4 members (excludes halogenated alkanes) is 7. The van der Waals surface area contributed by atoms with Crippen molar-refractivity contribution >= 4 is 17.6 Å².